The molecule has 0 fully saturated rings. The number of rotatable bonds is 3. The predicted molar refractivity (Wildman–Crippen MR) is 94.4 cm³/mol. The Bertz CT molecular complexity index is 855. The van der Waals surface area contributed by atoms with Crippen LogP contribution in [0.5, 0.6) is 0 Å². The summed E-state index contributed by atoms with van der Waals surface area (Å²) in [7, 11) is 0. The average Bonchev–Trinajstić information content (AvgIpc) is 2.43. The number of alkyl halides is 2. The summed E-state index contributed by atoms with van der Waals surface area (Å²) in [5, 5.41) is 0.437. The summed E-state index contributed by atoms with van der Waals surface area (Å²) in [6.07, 6.45) is 0. The molecule has 1 heterocycles. The summed E-state index contributed by atoms with van der Waals surface area (Å²) in [6, 6.07) is 3.70. The number of hydrogen-bond donors (Lipinski definition) is 0. The molecule has 0 aliphatic heterocycles. The minimum Gasteiger partial charge on any atom is -0.269 e. The third-order valence-corrected chi connectivity index (χ3v) is 5.58. The van der Waals surface area contributed by atoms with Crippen molar-refractivity contribution in [2.75, 3.05) is 0 Å². The maximum Gasteiger partial charge on any atom is 0.340 e. The van der Waals surface area contributed by atoms with Crippen LogP contribution in [0.2, 0.25) is 10.0 Å². The molecular weight excluding hydrogens is 464 g/mol. The fourth-order valence-corrected chi connectivity index (χ4v) is 2.91. The van der Waals surface area contributed by atoms with E-state index in [4.69, 9.17) is 23.2 Å². The molecule has 1 aromatic heterocycles. The van der Waals surface area contributed by atoms with Crippen molar-refractivity contribution < 1.29 is 8.78 Å². The van der Waals surface area contributed by atoms with Crippen LogP contribution in [0.15, 0.2) is 27.8 Å². The second-order valence-electron chi connectivity index (χ2n) is 5.05. The maximum absolute atomic E-state index is 13.3. The minimum absolute atomic E-state index is 0.0334. The van der Waals surface area contributed by atoms with Gasteiger partial charge in [0.1, 0.15) is 0 Å². The minimum atomic E-state index is -3.07. The van der Waals surface area contributed by atoms with Gasteiger partial charge in [0.25, 0.3) is 5.56 Å². The number of nitrogens with zero attached hydrogens (tertiary/aromatic N) is 2. The Kier molecular flexibility index (Phi) is 5.52. The second kappa shape index (κ2) is 6.90. The molecule has 0 saturated heterocycles. The van der Waals surface area contributed by atoms with E-state index < -0.39 is 23.7 Å². The van der Waals surface area contributed by atoms with Gasteiger partial charge in [-0.25, -0.2) is 13.9 Å². The Balaban J connectivity index is 2.87. The molecule has 0 N–H and O–H groups in total. The highest BCUT2D eigenvalue weighted by molar-refractivity contribution is 14.1. The topological polar surface area (TPSA) is 44.0 Å². The van der Waals surface area contributed by atoms with E-state index in [0.29, 0.717) is 12.7 Å². The van der Waals surface area contributed by atoms with Crippen molar-refractivity contribution in [3.8, 4) is 5.69 Å². The summed E-state index contributed by atoms with van der Waals surface area (Å²) in [6.45, 7) is 0.174. The summed E-state index contributed by atoms with van der Waals surface area (Å²) in [5.41, 5.74) is -1.84. The van der Waals surface area contributed by atoms with Gasteiger partial charge in [-0.2, -0.15) is 8.78 Å². The molecule has 0 aliphatic carbocycles. The Morgan fingerprint density at radius 3 is 2.04 bits per heavy atom. The summed E-state index contributed by atoms with van der Waals surface area (Å²) < 4.78 is 28.1. The fraction of sp³-hybridized carbons (Fsp3) is 0.286. The normalized spacial score (nSPS) is 11.5. The van der Waals surface area contributed by atoms with Crippen molar-refractivity contribution >= 4 is 45.8 Å². The molecule has 2 rings (SSSR count). The van der Waals surface area contributed by atoms with E-state index in [1.54, 1.807) is 13.8 Å². The quantitative estimate of drug-likeness (QED) is 0.488. The first kappa shape index (κ1) is 18.4. The Hall–Kier alpha value is -0.930. The third kappa shape index (κ3) is 3.46. The summed E-state index contributed by atoms with van der Waals surface area (Å²) in [5.74, 6) is -0.414. The lowest BCUT2D eigenvalue weighted by Gasteiger charge is -2.17. The number of aromatic nitrogens is 2. The molecule has 0 amide bonds. The first-order valence-electron chi connectivity index (χ1n) is 6.46. The van der Waals surface area contributed by atoms with Gasteiger partial charge in [0.2, 0.25) is 0 Å². The standard InChI is InChI=1S/C14H11Cl2F2IN2O2/c1-6(2)10-5-11(22)20(14(23)21(10)13(17)18)7-3-8(15)12(19)9(16)4-7/h3-6,13H,1-2H3. The van der Waals surface area contributed by atoms with Gasteiger partial charge in [-0.1, -0.05) is 37.0 Å². The van der Waals surface area contributed by atoms with E-state index >= 15 is 0 Å². The van der Waals surface area contributed by atoms with Crippen molar-refractivity contribution in [1.82, 2.24) is 9.13 Å². The number of hydrogen-bond acceptors (Lipinski definition) is 2. The Morgan fingerprint density at radius 1 is 1.09 bits per heavy atom. The average molecular weight is 475 g/mol. The van der Waals surface area contributed by atoms with Gasteiger partial charge < -0.3 is 0 Å². The zero-order valence-electron chi connectivity index (χ0n) is 12.0. The lowest BCUT2D eigenvalue weighted by Crippen LogP contribution is -2.40. The van der Waals surface area contributed by atoms with Crippen LogP contribution >= 0.6 is 45.8 Å². The highest BCUT2D eigenvalue weighted by Gasteiger charge is 2.21. The summed E-state index contributed by atoms with van der Waals surface area (Å²) >= 11 is 13.9. The van der Waals surface area contributed by atoms with E-state index in [-0.39, 0.29) is 21.4 Å². The van der Waals surface area contributed by atoms with Gasteiger partial charge >= 0.3 is 12.2 Å². The zero-order chi connectivity index (χ0) is 17.5. The van der Waals surface area contributed by atoms with Crippen molar-refractivity contribution in [2.24, 2.45) is 0 Å². The van der Waals surface area contributed by atoms with Crippen LogP contribution in [0.1, 0.15) is 32.0 Å². The molecule has 124 valence electrons. The number of halogens is 5. The molecule has 0 saturated carbocycles. The first-order valence-corrected chi connectivity index (χ1v) is 8.30. The van der Waals surface area contributed by atoms with Gasteiger partial charge in [-0.15, -0.1) is 0 Å². The number of benzene rings is 1. The molecule has 0 aliphatic rings. The molecule has 2 aromatic rings. The zero-order valence-corrected chi connectivity index (χ0v) is 15.7. The highest BCUT2D eigenvalue weighted by Crippen LogP contribution is 2.29. The Labute approximate surface area is 153 Å². The molecule has 4 nitrogen and oxygen atoms in total. The molecule has 9 heteroatoms. The fourth-order valence-electron chi connectivity index (χ4n) is 2.12. The van der Waals surface area contributed by atoms with Gasteiger partial charge in [0, 0.05) is 11.8 Å². The largest absolute Gasteiger partial charge is 0.340 e. The molecular formula is C14H11Cl2F2IN2O2. The third-order valence-electron chi connectivity index (χ3n) is 3.18. The van der Waals surface area contributed by atoms with E-state index in [1.807, 2.05) is 22.6 Å². The van der Waals surface area contributed by atoms with E-state index in [1.165, 1.54) is 12.1 Å². The highest BCUT2D eigenvalue weighted by atomic mass is 127. The van der Waals surface area contributed by atoms with Crippen LogP contribution in [0.25, 0.3) is 5.69 Å². The monoisotopic (exact) mass is 474 g/mol. The smallest absolute Gasteiger partial charge is 0.269 e. The lowest BCUT2D eigenvalue weighted by atomic mass is 10.1. The van der Waals surface area contributed by atoms with Gasteiger partial charge in [-0.3, -0.25) is 4.79 Å². The van der Waals surface area contributed by atoms with Crippen molar-refractivity contribution in [3.05, 3.63) is 58.3 Å². The van der Waals surface area contributed by atoms with Crippen LogP contribution in [-0.2, 0) is 0 Å². The molecule has 0 spiro atoms. The summed E-state index contributed by atoms with van der Waals surface area (Å²) in [4.78, 5) is 24.7. The predicted octanol–water partition coefficient (Wildman–Crippen LogP) is 4.43. The van der Waals surface area contributed by atoms with E-state index in [2.05, 4.69) is 0 Å². The van der Waals surface area contributed by atoms with E-state index in [0.717, 1.165) is 6.07 Å². The van der Waals surface area contributed by atoms with E-state index in [9.17, 15) is 18.4 Å². The van der Waals surface area contributed by atoms with Gasteiger partial charge in [-0.05, 0) is 40.6 Å². The van der Waals surface area contributed by atoms with Crippen LogP contribution < -0.4 is 11.2 Å². The van der Waals surface area contributed by atoms with Crippen molar-refractivity contribution in [1.29, 1.82) is 0 Å². The van der Waals surface area contributed by atoms with Crippen LogP contribution in [0.3, 0.4) is 0 Å². The van der Waals surface area contributed by atoms with Gasteiger partial charge in [0.05, 0.1) is 19.3 Å². The Morgan fingerprint density at radius 2 is 1.61 bits per heavy atom. The molecule has 0 atom stereocenters. The molecule has 23 heavy (non-hydrogen) atoms. The van der Waals surface area contributed by atoms with Crippen LogP contribution in [0, 0.1) is 3.57 Å². The maximum atomic E-state index is 13.3. The second-order valence-corrected chi connectivity index (χ2v) is 6.94. The van der Waals surface area contributed by atoms with Crippen LogP contribution in [-0.4, -0.2) is 9.13 Å². The molecule has 0 radical (unpaired) electrons. The van der Waals surface area contributed by atoms with Crippen molar-refractivity contribution in [3.63, 3.8) is 0 Å². The SMILES string of the molecule is CC(C)c1cc(=O)n(-c2cc(Cl)c(I)c(Cl)c2)c(=O)n1C(F)F. The van der Waals surface area contributed by atoms with Crippen molar-refractivity contribution in [2.45, 2.75) is 26.3 Å². The first-order chi connectivity index (χ1) is 10.6. The van der Waals surface area contributed by atoms with Gasteiger partial charge in [0.15, 0.2) is 0 Å². The van der Waals surface area contributed by atoms with Crippen LogP contribution in [0.4, 0.5) is 8.78 Å². The molecule has 1 aromatic carbocycles. The lowest BCUT2D eigenvalue weighted by molar-refractivity contribution is 0.0597. The molecule has 0 unspecified atom stereocenters. The molecule has 0 bridgehead atoms.